The third kappa shape index (κ3) is 1.34. The van der Waals surface area contributed by atoms with Crippen LogP contribution in [0.15, 0.2) is 42.7 Å². The molecule has 0 atom stereocenters. The van der Waals surface area contributed by atoms with Crippen molar-refractivity contribution in [1.82, 2.24) is 4.98 Å². The molecule has 2 heterocycles. The van der Waals surface area contributed by atoms with E-state index in [9.17, 15) is 4.79 Å². The summed E-state index contributed by atoms with van der Waals surface area (Å²) in [5.74, 6) is -0.0394. The normalized spacial score (nSPS) is 16.2. The summed E-state index contributed by atoms with van der Waals surface area (Å²) < 4.78 is 0. The lowest BCUT2D eigenvalue weighted by molar-refractivity contribution is -0.110. The lowest BCUT2D eigenvalue weighted by Gasteiger charge is -1.95. The second-order valence-electron chi connectivity index (χ2n) is 3.70. The van der Waals surface area contributed by atoms with Crippen LogP contribution >= 0.6 is 0 Å². The van der Waals surface area contributed by atoms with Crippen molar-refractivity contribution >= 4 is 23.2 Å². The molecule has 0 unspecified atom stereocenters. The van der Waals surface area contributed by atoms with E-state index in [1.54, 1.807) is 0 Å². The van der Waals surface area contributed by atoms with Gasteiger partial charge in [0.1, 0.15) is 0 Å². The van der Waals surface area contributed by atoms with E-state index in [0.29, 0.717) is 0 Å². The molecule has 2 aromatic rings. The van der Waals surface area contributed by atoms with Gasteiger partial charge in [-0.1, -0.05) is 18.2 Å². The predicted molar refractivity (Wildman–Crippen MR) is 63.7 cm³/mol. The minimum absolute atomic E-state index is 0.0394. The molecule has 3 rings (SSSR count). The second-order valence-corrected chi connectivity index (χ2v) is 3.70. The summed E-state index contributed by atoms with van der Waals surface area (Å²) in [6, 6.07) is 9.64. The van der Waals surface area contributed by atoms with Crippen LogP contribution in [0.5, 0.6) is 0 Å². The smallest absolute Gasteiger partial charge is 0.256 e. The van der Waals surface area contributed by atoms with Crippen LogP contribution in [-0.4, -0.2) is 10.9 Å². The quantitative estimate of drug-likeness (QED) is 0.698. The Balaban J connectivity index is 2.12. The maximum Gasteiger partial charge on any atom is 0.256 e. The van der Waals surface area contributed by atoms with Gasteiger partial charge in [0.05, 0.1) is 0 Å². The first kappa shape index (κ1) is 8.97. The third-order valence-electron chi connectivity index (χ3n) is 2.64. The van der Waals surface area contributed by atoms with Gasteiger partial charge in [0.15, 0.2) is 0 Å². The van der Waals surface area contributed by atoms with E-state index in [4.69, 9.17) is 0 Å². The van der Waals surface area contributed by atoms with Crippen LogP contribution < -0.4 is 5.32 Å². The Labute approximate surface area is 92.8 Å². The van der Waals surface area contributed by atoms with Gasteiger partial charge in [0, 0.05) is 29.2 Å². The molecule has 0 fully saturated rings. The fraction of sp³-hybridized carbons (Fsp3) is 0. The Bertz CT molecular complexity index is 567. The van der Waals surface area contributed by atoms with E-state index in [1.165, 1.54) is 0 Å². The van der Waals surface area contributed by atoms with Crippen LogP contribution in [0.4, 0.5) is 5.69 Å². The molecule has 0 spiro atoms. The van der Waals surface area contributed by atoms with Crippen LogP contribution in [0.2, 0.25) is 0 Å². The number of fused-ring (bicyclic) bond motifs is 1. The molecule has 1 amide bonds. The number of nitrogens with one attached hydrogen (secondary N) is 2. The van der Waals surface area contributed by atoms with Gasteiger partial charge in [0.25, 0.3) is 5.91 Å². The first-order chi connectivity index (χ1) is 7.84. The maximum atomic E-state index is 11.8. The molecule has 1 aliphatic heterocycles. The Morgan fingerprint density at radius 3 is 2.81 bits per heavy atom. The topological polar surface area (TPSA) is 44.9 Å². The fourth-order valence-electron chi connectivity index (χ4n) is 1.88. The Hall–Kier alpha value is -2.29. The van der Waals surface area contributed by atoms with Gasteiger partial charge in [-0.2, -0.15) is 0 Å². The number of carbonyl (C=O) groups excluding carboxylic acids is 1. The Kier molecular flexibility index (Phi) is 1.90. The molecule has 3 heteroatoms. The summed E-state index contributed by atoms with van der Waals surface area (Å²) >= 11 is 0. The van der Waals surface area contributed by atoms with E-state index < -0.39 is 0 Å². The molecule has 16 heavy (non-hydrogen) atoms. The summed E-state index contributed by atoms with van der Waals surface area (Å²) in [5, 5.41) is 2.84. The number of hydrogen-bond donors (Lipinski definition) is 2. The number of aromatic nitrogens is 1. The minimum atomic E-state index is -0.0394. The van der Waals surface area contributed by atoms with Crippen LogP contribution in [0, 0.1) is 0 Å². The first-order valence-corrected chi connectivity index (χ1v) is 5.10. The van der Waals surface area contributed by atoms with Crippen molar-refractivity contribution in [3.63, 3.8) is 0 Å². The van der Waals surface area contributed by atoms with E-state index in [-0.39, 0.29) is 5.91 Å². The zero-order valence-corrected chi connectivity index (χ0v) is 8.53. The molecule has 0 saturated heterocycles. The SMILES string of the molecule is O=C1Nc2ccccc2/C1=C/c1cc[nH]c1. The molecule has 0 saturated carbocycles. The Morgan fingerprint density at radius 1 is 1.12 bits per heavy atom. The first-order valence-electron chi connectivity index (χ1n) is 5.10. The molecule has 0 radical (unpaired) electrons. The van der Waals surface area contributed by atoms with Gasteiger partial charge in [-0.05, 0) is 23.8 Å². The number of carbonyl (C=O) groups is 1. The molecule has 1 aliphatic rings. The van der Waals surface area contributed by atoms with Crippen LogP contribution in [0.3, 0.4) is 0 Å². The average molecular weight is 210 g/mol. The van der Waals surface area contributed by atoms with Gasteiger partial charge in [-0.25, -0.2) is 0 Å². The molecule has 0 aliphatic carbocycles. The highest BCUT2D eigenvalue weighted by Crippen LogP contribution is 2.32. The lowest BCUT2D eigenvalue weighted by atomic mass is 10.1. The van der Waals surface area contributed by atoms with Gasteiger partial charge in [-0.15, -0.1) is 0 Å². The number of hydrogen-bond acceptors (Lipinski definition) is 1. The summed E-state index contributed by atoms with van der Waals surface area (Å²) in [6.45, 7) is 0. The molecular formula is C13H10N2O. The van der Waals surface area contributed by atoms with Crippen molar-refractivity contribution in [2.24, 2.45) is 0 Å². The maximum absolute atomic E-state index is 11.8. The summed E-state index contributed by atoms with van der Waals surface area (Å²) in [7, 11) is 0. The van der Waals surface area contributed by atoms with Gasteiger partial charge in [-0.3, -0.25) is 4.79 Å². The standard InChI is InChI=1S/C13H10N2O/c16-13-11(7-9-5-6-14-8-9)10-3-1-2-4-12(10)15-13/h1-8,14H,(H,15,16)/b11-7-. The molecular weight excluding hydrogens is 200 g/mol. The van der Waals surface area contributed by atoms with Crippen molar-refractivity contribution < 1.29 is 4.79 Å². The van der Waals surface area contributed by atoms with Gasteiger partial charge >= 0.3 is 0 Å². The van der Waals surface area contributed by atoms with Gasteiger partial charge in [0.2, 0.25) is 0 Å². The van der Waals surface area contributed by atoms with Crippen LogP contribution in [0.25, 0.3) is 11.6 Å². The van der Waals surface area contributed by atoms with Crippen LogP contribution in [0.1, 0.15) is 11.1 Å². The summed E-state index contributed by atoms with van der Waals surface area (Å²) in [5.41, 5.74) is 3.57. The van der Waals surface area contributed by atoms with Crippen molar-refractivity contribution in [2.45, 2.75) is 0 Å². The summed E-state index contributed by atoms with van der Waals surface area (Å²) in [6.07, 6.45) is 5.59. The predicted octanol–water partition coefficient (Wildman–Crippen LogP) is 2.51. The number of H-pyrrole nitrogens is 1. The van der Waals surface area contributed by atoms with Gasteiger partial charge < -0.3 is 10.3 Å². The molecule has 2 N–H and O–H groups in total. The fourth-order valence-corrected chi connectivity index (χ4v) is 1.88. The van der Waals surface area contributed by atoms with E-state index in [0.717, 1.165) is 22.4 Å². The number of amides is 1. The number of aromatic amines is 1. The van der Waals surface area contributed by atoms with E-state index in [2.05, 4.69) is 10.3 Å². The highest BCUT2D eigenvalue weighted by Gasteiger charge is 2.22. The molecule has 78 valence electrons. The molecule has 1 aromatic heterocycles. The molecule has 3 nitrogen and oxygen atoms in total. The average Bonchev–Trinajstić information content (AvgIpc) is 2.89. The monoisotopic (exact) mass is 210 g/mol. The number of para-hydroxylation sites is 1. The summed E-state index contributed by atoms with van der Waals surface area (Å²) in [4.78, 5) is 14.7. The minimum Gasteiger partial charge on any atom is -0.367 e. The van der Waals surface area contributed by atoms with Crippen molar-refractivity contribution in [3.8, 4) is 0 Å². The lowest BCUT2D eigenvalue weighted by Crippen LogP contribution is -2.03. The third-order valence-corrected chi connectivity index (χ3v) is 2.64. The number of anilines is 1. The van der Waals surface area contributed by atoms with Crippen molar-refractivity contribution in [3.05, 3.63) is 53.9 Å². The van der Waals surface area contributed by atoms with E-state index >= 15 is 0 Å². The number of benzene rings is 1. The zero-order valence-electron chi connectivity index (χ0n) is 8.53. The van der Waals surface area contributed by atoms with E-state index in [1.807, 2.05) is 48.8 Å². The highest BCUT2D eigenvalue weighted by molar-refractivity contribution is 6.34. The largest absolute Gasteiger partial charge is 0.367 e. The van der Waals surface area contributed by atoms with Crippen molar-refractivity contribution in [1.29, 1.82) is 0 Å². The zero-order chi connectivity index (χ0) is 11.0. The molecule has 0 bridgehead atoms. The van der Waals surface area contributed by atoms with Crippen LogP contribution in [-0.2, 0) is 4.79 Å². The highest BCUT2D eigenvalue weighted by atomic mass is 16.1. The van der Waals surface area contributed by atoms with Crippen molar-refractivity contribution in [2.75, 3.05) is 5.32 Å². The Morgan fingerprint density at radius 2 is 2.00 bits per heavy atom. The second kappa shape index (κ2) is 3.38. The number of rotatable bonds is 1. The molecule has 1 aromatic carbocycles.